The first-order valence-corrected chi connectivity index (χ1v) is 7.84. The van der Waals surface area contributed by atoms with Crippen molar-refractivity contribution in [2.45, 2.75) is 32.2 Å². The number of aromatic nitrogens is 1. The fraction of sp³-hybridized carbons (Fsp3) is 0.375. The van der Waals surface area contributed by atoms with Crippen molar-refractivity contribution >= 4 is 23.3 Å². The first kappa shape index (κ1) is 14.9. The number of benzene rings is 1. The van der Waals surface area contributed by atoms with Crippen molar-refractivity contribution in [1.82, 2.24) is 10.1 Å². The maximum absolute atomic E-state index is 12.5. The molecule has 1 N–H and O–H groups in total. The molecule has 0 aliphatic carbocycles. The van der Waals surface area contributed by atoms with E-state index in [1.165, 1.54) is 0 Å². The Bertz CT molecular complexity index is 654. The van der Waals surface area contributed by atoms with E-state index in [4.69, 9.17) is 16.1 Å². The van der Waals surface area contributed by atoms with Crippen molar-refractivity contribution in [2.75, 3.05) is 11.9 Å². The molecule has 3 rings (SSSR count). The summed E-state index contributed by atoms with van der Waals surface area (Å²) < 4.78 is 5.40. The van der Waals surface area contributed by atoms with Gasteiger partial charge in [0.05, 0.1) is 11.7 Å². The highest BCUT2D eigenvalue weighted by Crippen LogP contribution is 2.32. The highest BCUT2D eigenvalue weighted by Gasteiger charge is 2.32. The molecule has 1 fully saturated rings. The number of rotatable bonds is 3. The first-order valence-electron chi connectivity index (χ1n) is 7.46. The Morgan fingerprint density at radius 3 is 2.91 bits per heavy atom. The molecule has 0 radical (unpaired) electrons. The molecule has 1 unspecified atom stereocenters. The van der Waals surface area contributed by atoms with Gasteiger partial charge in [-0.3, -0.25) is 0 Å². The van der Waals surface area contributed by atoms with E-state index in [-0.39, 0.29) is 12.1 Å². The molecule has 1 aromatic heterocycles. The van der Waals surface area contributed by atoms with E-state index in [9.17, 15) is 4.79 Å². The Balaban J connectivity index is 1.72. The third kappa shape index (κ3) is 3.09. The molecule has 2 amide bonds. The number of carbonyl (C=O) groups is 1. The van der Waals surface area contributed by atoms with Gasteiger partial charge in [-0.2, -0.15) is 0 Å². The minimum absolute atomic E-state index is 0.0416. The van der Waals surface area contributed by atoms with Crippen LogP contribution in [-0.4, -0.2) is 22.6 Å². The van der Waals surface area contributed by atoms with Crippen LogP contribution in [0.4, 0.5) is 10.5 Å². The molecule has 1 aliphatic rings. The van der Waals surface area contributed by atoms with Gasteiger partial charge in [-0.1, -0.05) is 23.7 Å². The van der Waals surface area contributed by atoms with Crippen molar-refractivity contribution in [3.05, 3.63) is 46.8 Å². The van der Waals surface area contributed by atoms with Crippen LogP contribution < -0.4 is 5.32 Å². The summed E-state index contributed by atoms with van der Waals surface area (Å²) in [5, 5.41) is 7.56. The molecular formula is C16H18ClN3O2. The summed E-state index contributed by atoms with van der Waals surface area (Å²) >= 11 is 5.85. The third-order valence-corrected chi connectivity index (χ3v) is 4.13. The van der Waals surface area contributed by atoms with Crippen molar-refractivity contribution in [3.8, 4) is 0 Å². The van der Waals surface area contributed by atoms with Crippen molar-refractivity contribution in [3.63, 3.8) is 0 Å². The molecule has 116 valence electrons. The molecule has 0 spiro atoms. The van der Waals surface area contributed by atoms with E-state index in [0.717, 1.165) is 36.4 Å². The summed E-state index contributed by atoms with van der Waals surface area (Å²) in [4.78, 5) is 14.3. The van der Waals surface area contributed by atoms with Crippen LogP contribution in [0.2, 0.25) is 5.02 Å². The second-order valence-corrected chi connectivity index (χ2v) is 5.80. The van der Waals surface area contributed by atoms with Gasteiger partial charge in [0.15, 0.2) is 5.76 Å². The van der Waals surface area contributed by atoms with Gasteiger partial charge in [-0.25, -0.2) is 4.79 Å². The number of anilines is 1. The van der Waals surface area contributed by atoms with E-state index in [1.54, 1.807) is 29.2 Å². The second-order valence-electron chi connectivity index (χ2n) is 5.36. The summed E-state index contributed by atoms with van der Waals surface area (Å²) in [7, 11) is 0. The highest BCUT2D eigenvalue weighted by molar-refractivity contribution is 6.30. The Kier molecular flexibility index (Phi) is 4.34. The molecule has 1 atom stereocenters. The van der Waals surface area contributed by atoms with Gasteiger partial charge in [0, 0.05) is 23.3 Å². The normalized spacial score (nSPS) is 17.7. The fourth-order valence-electron chi connectivity index (χ4n) is 2.69. The van der Waals surface area contributed by atoms with Gasteiger partial charge in [-0.15, -0.1) is 0 Å². The summed E-state index contributed by atoms with van der Waals surface area (Å²) in [6.07, 6.45) is 2.68. The van der Waals surface area contributed by atoms with Crippen molar-refractivity contribution in [2.24, 2.45) is 0 Å². The van der Waals surface area contributed by atoms with Gasteiger partial charge in [0.2, 0.25) is 0 Å². The van der Waals surface area contributed by atoms with Crippen LogP contribution in [0.15, 0.2) is 34.9 Å². The number of likely N-dealkylation sites (tertiary alicyclic amines) is 1. The second kappa shape index (κ2) is 6.40. The lowest BCUT2D eigenvalue weighted by molar-refractivity contribution is 0.195. The van der Waals surface area contributed by atoms with Gasteiger partial charge < -0.3 is 14.7 Å². The molecule has 0 saturated carbocycles. The highest BCUT2D eigenvalue weighted by atomic mass is 35.5. The van der Waals surface area contributed by atoms with E-state index >= 15 is 0 Å². The molecule has 1 aromatic carbocycles. The SMILES string of the molecule is CCc1cc(C2CCCN2C(=O)Nc2ccc(Cl)cc2)on1. The molecule has 1 saturated heterocycles. The maximum atomic E-state index is 12.5. The topological polar surface area (TPSA) is 58.4 Å². The molecule has 5 nitrogen and oxygen atoms in total. The Morgan fingerprint density at radius 2 is 2.23 bits per heavy atom. The van der Waals surface area contributed by atoms with Crippen molar-refractivity contribution < 1.29 is 9.32 Å². The Labute approximate surface area is 134 Å². The van der Waals surface area contributed by atoms with Crippen LogP contribution in [0.25, 0.3) is 0 Å². The van der Waals surface area contributed by atoms with Crippen LogP contribution in [0.3, 0.4) is 0 Å². The van der Waals surface area contributed by atoms with E-state index in [0.29, 0.717) is 11.6 Å². The molecule has 22 heavy (non-hydrogen) atoms. The van der Waals surface area contributed by atoms with Gasteiger partial charge in [-0.05, 0) is 43.5 Å². The number of hydrogen-bond acceptors (Lipinski definition) is 3. The summed E-state index contributed by atoms with van der Waals surface area (Å²) in [5.41, 5.74) is 1.65. The lowest BCUT2D eigenvalue weighted by Gasteiger charge is -2.23. The number of carbonyl (C=O) groups excluding carboxylic acids is 1. The zero-order valence-corrected chi connectivity index (χ0v) is 13.1. The molecule has 2 heterocycles. The average Bonchev–Trinajstić information content (AvgIpc) is 3.17. The number of urea groups is 1. The molecule has 1 aliphatic heterocycles. The van der Waals surface area contributed by atoms with Crippen LogP contribution >= 0.6 is 11.6 Å². The predicted molar refractivity (Wildman–Crippen MR) is 85.0 cm³/mol. The van der Waals surface area contributed by atoms with E-state index in [2.05, 4.69) is 10.5 Å². The molecule has 2 aromatic rings. The van der Waals surface area contributed by atoms with Crippen LogP contribution in [0.5, 0.6) is 0 Å². The average molecular weight is 320 g/mol. The van der Waals surface area contributed by atoms with E-state index in [1.807, 2.05) is 13.0 Å². The maximum Gasteiger partial charge on any atom is 0.322 e. The summed E-state index contributed by atoms with van der Waals surface area (Å²) in [5.74, 6) is 0.764. The largest absolute Gasteiger partial charge is 0.359 e. The lowest BCUT2D eigenvalue weighted by atomic mass is 10.1. The Morgan fingerprint density at radius 1 is 1.45 bits per heavy atom. The van der Waals surface area contributed by atoms with Gasteiger partial charge in [0.1, 0.15) is 0 Å². The minimum atomic E-state index is -0.126. The summed E-state index contributed by atoms with van der Waals surface area (Å²) in [6.45, 7) is 2.74. The number of halogens is 1. The number of nitrogens with zero attached hydrogens (tertiary/aromatic N) is 2. The lowest BCUT2D eigenvalue weighted by Crippen LogP contribution is -2.34. The van der Waals surface area contributed by atoms with Gasteiger partial charge in [0.25, 0.3) is 0 Å². The fourth-order valence-corrected chi connectivity index (χ4v) is 2.81. The standard InChI is InChI=1S/C16H18ClN3O2/c1-2-12-10-15(22-19-12)14-4-3-9-20(14)16(21)18-13-7-5-11(17)6-8-13/h5-8,10,14H,2-4,9H2,1H3,(H,18,21). The zero-order chi connectivity index (χ0) is 15.5. The van der Waals surface area contributed by atoms with E-state index < -0.39 is 0 Å². The van der Waals surface area contributed by atoms with Crippen LogP contribution in [0.1, 0.15) is 37.3 Å². The summed E-state index contributed by atoms with van der Waals surface area (Å²) in [6, 6.07) is 8.85. The number of hydrogen-bond donors (Lipinski definition) is 1. The monoisotopic (exact) mass is 319 g/mol. The molecule has 6 heteroatoms. The quantitative estimate of drug-likeness (QED) is 0.919. The number of nitrogens with one attached hydrogen (secondary N) is 1. The van der Waals surface area contributed by atoms with Crippen LogP contribution in [0, 0.1) is 0 Å². The third-order valence-electron chi connectivity index (χ3n) is 3.88. The minimum Gasteiger partial charge on any atom is -0.359 e. The van der Waals surface area contributed by atoms with Crippen LogP contribution in [-0.2, 0) is 6.42 Å². The zero-order valence-electron chi connectivity index (χ0n) is 12.4. The smallest absolute Gasteiger partial charge is 0.322 e. The van der Waals surface area contributed by atoms with Crippen molar-refractivity contribution in [1.29, 1.82) is 0 Å². The Hall–Kier alpha value is -2.01. The first-order chi connectivity index (χ1) is 10.7. The molecule has 0 bridgehead atoms. The number of amides is 2. The van der Waals surface area contributed by atoms with Gasteiger partial charge >= 0.3 is 6.03 Å². The predicted octanol–water partition coefficient (Wildman–Crippen LogP) is 4.26. The number of aryl methyl sites for hydroxylation is 1. The molecular weight excluding hydrogens is 302 g/mol.